The second-order valence-electron chi connectivity index (χ2n) is 7.08. The molecule has 1 atom stereocenters. The Balaban J connectivity index is 1.58. The summed E-state index contributed by atoms with van der Waals surface area (Å²) in [5.41, 5.74) is 5.42. The second kappa shape index (κ2) is 9.19. The summed E-state index contributed by atoms with van der Waals surface area (Å²) in [7, 11) is 1.98. The number of hydrogen-bond acceptors (Lipinski definition) is 3. The molecule has 6 nitrogen and oxygen atoms in total. The van der Waals surface area contributed by atoms with Gasteiger partial charge in [-0.15, -0.1) is 0 Å². The largest absolute Gasteiger partial charge is 0.683 e. The van der Waals surface area contributed by atoms with Crippen LogP contribution in [0.4, 0.5) is 5.69 Å². The number of amides is 1. The van der Waals surface area contributed by atoms with Gasteiger partial charge < -0.3 is 16.0 Å². The van der Waals surface area contributed by atoms with Crippen LogP contribution in [0, 0.1) is 6.92 Å². The molecule has 0 fully saturated rings. The normalized spacial score (nSPS) is 13.9. The number of benzene rings is 1. The number of allylic oxidation sites excluding steroid dienone is 1. The van der Waals surface area contributed by atoms with Gasteiger partial charge in [-0.1, -0.05) is 37.6 Å². The summed E-state index contributed by atoms with van der Waals surface area (Å²) in [4.78, 5) is 16.9. The number of carbonyl (C=O) groups is 1. The smallest absolute Gasteiger partial charge is 0.257 e. The van der Waals surface area contributed by atoms with E-state index >= 15 is 0 Å². The first-order valence-electron chi connectivity index (χ1n) is 9.73. The Morgan fingerprint density at radius 3 is 2.83 bits per heavy atom. The summed E-state index contributed by atoms with van der Waals surface area (Å²) in [6.45, 7) is 6.05. The molecule has 0 saturated carbocycles. The van der Waals surface area contributed by atoms with E-state index in [4.69, 9.17) is 0 Å². The van der Waals surface area contributed by atoms with Crippen LogP contribution in [0.25, 0.3) is 5.32 Å². The lowest BCUT2D eigenvalue weighted by Gasteiger charge is -2.26. The average Bonchev–Trinajstić information content (AvgIpc) is 2.69. The maximum absolute atomic E-state index is 12.6. The highest BCUT2D eigenvalue weighted by atomic mass is 16.1. The summed E-state index contributed by atoms with van der Waals surface area (Å²) in [5, 5.41) is 10.6. The van der Waals surface area contributed by atoms with Gasteiger partial charge in [0, 0.05) is 17.6 Å². The lowest BCUT2D eigenvalue weighted by molar-refractivity contribution is -0.429. The number of aromatic nitrogens is 1. The lowest BCUT2D eigenvalue weighted by atomic mass is 10.1. The van der Waals surface area contributed by atoms with Gasteiger partial charge in [0.05, 0.1) is 5.56 Å². The van der Waals surface area contributed by atoms with E-state index < -0.39 is 0 Å². The van der Waals surface area contributed by atoms with Gasteiger partial charge >= 0.3 is 0 Å². The molecule has 1 aliphatic rings. The molecule has 150 valence electrons. The van der Waals surface area contributed by atoms with Crippen LogP contribution >= 0.6 is 0 Å². The standard InChI is InChI=1S/C23H27N5O/c1-5-22-16(2)11-19(13-26-22)23(29)27-20-8-6-7-18(12-20)17(3)24-9-10-25-21-14-28(4)15-21/h6-15,17,25H,5H2,1-4H3,(H,27,29). The van der Waals surface area contributed by atoms with Crippen molar-refractivity contribution in [1.82, 2.24) is 10.3 Å². The number of nitrogens with one attached hydrogen (secondary N) is 2. The second-order valence-corrected chi connectivity index (χ2v) is 7.08. The van der Waals surface area contributed by atoms with E-state index in [0.717, 1.165) is 34.6 Å². The highest BCUT2D eigenvalue weighted by Crippen LogP contribution is 2.24. The van der Waals surface area contributed by atoms with E-state index in [2.05, 4.69) is 27.9 Å². The third-order valence-electron chi connectivity index (χ3n) is 4.73. The molecular formula is C23H27N5O. The van der Waals surface area contributed by atoms with Gasteiger partial charge in [0.2, 0.25) is 0 Å². The number of pyridine rings is 1. The molecule has 2 aromatic rings. The minimum absolute atomic E-state index is 0.0281. The number of anilines is 1. The van der Waals surface area contributed by atoms with Crippen LogP contribution in [0.3, 0.4) is 0 Å². The molecule has 2 N–H and O–H groups in total. The highest BCUT2D eigenvalue weighted by Gasteiger charge is 2.10. The lowest BCUT2D eigenvalue weighted by Crippen LogP contribution is -2.21. The summed E-state index contributed by atoms with van der Waals surface area (Å²) in [5.74, 6) is -0.163. The minimum atomic E-state index is -0.163. The molecule has 0 aliphatic carbocycles. The van der Waals surface area contributed by atoms with Gasteiger partial charge in [-0.3, -0.25) is 9.78 Å². The quantitative estimate of drug-likeness (QED) is 0.663. The number of carbonyl (C=O) groups excluding carboxylic acids is 1. The molecule has 0 bridgehead atoms. The number of hydrogen-bond donors (Lipinski definition) is 2. The fourth-order valence-corrected chi connectivity index (χ4v) is 3.07. The number of aryl methyl sites for hydroxylation is 2. The zero-order chi connectivity index (χ0) is 20.8. The van der Waals surface area contributed by atoms with Crippen molar-refractivity contribution in [3.8, 4) is 0 Å². The molecule has 29 heavy (non-hydrogen) atoms. The molecule has 3 rings (SSSR count). The Morgan fingerprint density at radius 2 is 2.14 bits per heavy atom. The molecule has 1 aromatic carbocycles. The van der Waals surface area contributed by atoms with E-state index in [-0.39, 0.29) is 11.9 Å². The van der Waals surface area contributed by atoms with Crippen molar-refractivity contribution in [3.05, 3.63) is 88.5 Å². The maximum atomic E-state index is 12.6. The molecule has 6 heteroatoms. The maximum Gasteiger partial charge on any atom is 0.257 e. The Labute approximate surface area is 172 Å². The molecule has 2 heterocycles. The molecule has 1 aromatic heterocycles. The Hall–Kier alpha value is -3.41. The summed E-state index contributed by atoms with van der Waals surface area (Å²) in [6, 6.07) is 9.61. The van der Waals surface area contributed by atoms with E-state index in [1.807, 2.05) is 74.4 Å². The van der Waals surface area contributed by atoms with Crippen molar-refractivity contribution in [3.63, 3.8) is 0 Å². The van der Waals surface area contributed by atoms with Crippen LogP contribution in [0.5, 0.6) is 0 Å². The van der Waals surface area contributed by atoms with Gasteiger partial charge in [-0.2, -0.15) is 6.20 Å². The zero-order valence-corrected chi connectivity index (χ0v) is 17.3. The van der Waals surface area contributed by atoms with Crippen molar-refractivity contribution in [2.24, 2.45) is 0 Å². The Bertz CT molecular complexity index is 991. The first-order valence-corrected chi connectivity index (χ1v) is 9.73. The van der Waals surface area contributed by atoms with Gasteiger partial charge in [0.25, 0.3) is 5.91 Å². The zero-order valence-electron chi connectivity index (χ0n) is 17.3. The van der Waals surface area contributed by atoms with Crippen LogP contribution in [-0.4, -0.2) is 28.7 Å². The van der Waals surface area contributed by atoms with Crippen molar-refractivity contribution in [1.29, 1.82) is 0 Å². The first-order chi connectivity index (χ1) is 14.0. The summed E-state index contributed by atoms with van der Waals surface area (Å²) < 4.78 is 1.98. The third kappa shape index (κ3) is 5.31. The van der Waals surface area contributed by atoms with Gasteiger partial charge in [-0.05, 0) is 43.3 Å². The summed E-state index contributed by atoms with van der Waals surface area (Å²) >= 11 is 0. The van der Waals surface area contributed by atoms with E-state index in [1.54, 1.807) is 12.4 Å². The van der Waals surface area contributed by atoms with Crippen LogP contribution in [-0.2, 0) is 6.42 Å². The fourth-order valence-electron chi connectivity index (χ4n) is 3.07. The van der Waals surface area contributed by atoms with Crippen LogP contribution in [0.2, 0.25) is 0 Å². The summed E-state index contributed by atoms with van der Waals surface area (Å²) in [6.07, 6.45) is 10.0. The molecule has 1 amide bonds. The van der Waals surface area contributed by atoms with Crippen LogP contribution in [0.15, 0.2) is 60.8 Å². The topological polar surface area (TPSA) is 71.1 Å². The Kier molecular flexibility index (Phi) is 6.44. The highest BCUT2D eigenvalue weighted by molar-refractivity contribution is 6.04. The van der Waals surface area contributed by atoms with Gasteiger partial charge in [0.1, 0.15) is 7.05 Å². The molecule has 1 unspecified atom stereocenters. The predicted molar refractivity (Wildman–Crippen MR) is 117 cm³/mol. The van der Waals surface area contributed by atoms with Crippen LogP contribution in [0.1, 0.15) is 47.1 Å². The number of nitrogens with zero attached hydrogens (tertiary/aromatic N) is 3. The average molecular weight is 390 g/mol. The van der Waals surface area contributed by atoms with Crippen molar-refractivity contribution in [2.45, 2.75) is 33.2 Å². The van der Waals surface area contributed by atoms with E-state index in [9.17, 15) is 4.79 Å². The monoisotopic (exact) mass is 389 g/mol. The molecule has 0 saturated heterocycles. The third-order valence-corrected chi connectivity index (χ3v) is 4.73. The molecule has 1 aliphatic heterocycles. The molecular weight excluding hydrogens is 362 g/mol. The predicted octanol–water partition coefficient (Wildman–Crippen LogP) is 4.27. The van der Waals surface area contributed by atoms with Gasteiger partial charge in [0.15, 0.2) is 18.1 Å². The SMILES string of the molecule is CCc1ncc(C(=O)Nc2cccc(C(C)[N-]C=CNC3=C[N+](C)=C3)c2)cc1C. The molecule has 0 radical (unpaired) electrons. The minimum Gasteiger partial charge on any atom is -0.683 e. The number of rotatable bonds is 8. The fraction of sp³-hybridized carbons (Fsp3) is 0.261. The van der Waals surface area contributed by atoms with Crippen molar-refractivity contribution < 1.29 is 9.37 Å². The first kappa shape index (κ1) is 20.3. The van der Waals surface area contributed by atoms with Gasteiger partial charge in [-0.25, -0.2) is 4.58 Å². The van der Waals surface area contributed by atoms with Crippen molar-refractivity contribution in [2.75, 3.05) is 12.4 Å². The Morgan fingerprint density at radius 1 is 1.34 bits per heavy atom. The van der Waals surface area contributed by atoms with E-state index in [1.165, 1.54) is 0 Å². The van der Waals surface area contributed by atoms with Crippen LogP contribution < -0.4 is 10.6 Å². The van der Waals surface area contributed by atoms with E-state index in [0.29, 0.717) is 5.56 Å². The van der Waals surface area contributed by atoms with Crippen molar-refractivity contribution >= 4 is 17.8 Å². The molecule has 0 spiro atoms.